The van der Waals surface area contributed by atoms with Gasteiger partial charge in [0, 0.05) is 145 Å². The summed E-state index contributed by atoms with van der Waals surface area (Å²) in [5, 5.41) is 24.6. The molecule has 2 aliphatic rings. The first-order valence-corrected chi connectivity index (χ1v) is 33.9. The van der Waals surface area contributed by atoms with E-state index >= 15 is 0 Å². The SMILES string of the molecule is COCCOCCOCCOCCN(CC(O)CN1CCN(CC(=O)OC(C)(C)C)CCN(CC(=O)OC(C)(C)C)CCN(CC(=O)OC(C)(C)C)CC1)CC(O)CN1CCN(CC(=O)OC(C)(C)C)CCN(CC(=O)OC(C)(C)C)CCN(CC(=O)OC(C)(C)C)CC1. The van der Waals surface area contributed by atoms with Crippen LogP contribution in [0.15, 0.2) is 0 Å². The van der Waals surface area contributed by atoms with E-state index < -0.39 is 69.7 Å². The number of aliphatic hydroxyl groups excluding tert-OH is 2. The number of methoxy groups -OCH3 is 1. The highest BCUT2D eigenvalue weighted by Gasteiger charge is 2.30. The zero-order chi connectivity index (χ0) is 70.9. The fraction of sp³-hybridized carbons (Fsp3) is 0.910. The number of aliphatic hydroxyl groups is 2. The molecule has 2 fully saturated rings. The third-order valence-corrected chi connectivity index (χ3v) is 14.1. The number of ether oxygens (including phenoxy) is 10. The molecule has 0 saturated carbocycles. The van der Waals surface area contributed by atoms with Crippen LogP contribution in [0.1, 0.15) is 125 Å². The molecule has 0 aromatic carbocycles. The summed E-state index contributed by atoms with van der Waals surface area (Å²) in [5.41, 5.74) is -4.25. The Morgan fingerprint density at radius 3 is 0.681 bits per heavy atom. The average Bonchev–Trinajstić information content (AvgIpc) is 0.943. The van der Waals surface area contributed by atoms with E-state index in [1.165, 1.54) is 0 Å². The Hall–Kier alpha value is -3.78. The highest BCUT2D eigenvalue weighted by molar-refractivity contribution is 5.74. The Morgan fingerprint density at radius 1 is 0.309 bits per heavy atom. The van der Waals surface area contributed by atoms with Crippen molar-refractivity contribution in [3.05, 3.63) is 0 Å². The van der Waals surface area contributed by atoms with E-state index in [1.54, 1.807) is 7.11 Å². The van der Waals surface area contributed by atoms with Crippen LogP contribution in [0.3, 0.4) is 0 Å². The van der Waals surface area contributed by atoms with Gasteiger partial charge >= 0.3 is 35.8 Å². The Kier molecular flexibility index (Phi) is 39.4. The van der Waals surface area contributed by atoms with Crippen LogP contribution < -0.4 is 0 Å². The summed E-state index contributed by atoms with van der Waals surface area (Å²) >= 11 is 0. The maximum absolute atomic E-state index is 13.5. The molecule has 2 N–H and O–H groups in total. The Morgan fingerprint density at radius 2 is 0.489 bits per heavy atom. The zero-order valence-corrected chi connectivity index (χ0v) is 61.6. The van der Waals surface area contributed by atoms with E-state index in [9.17, 15) is 39.0 Å². The van der Waals surface area contributed by atoms with Gasteiger partial charge in [0.15, 0.2) is 0 Å². The predicted octanol–water partition coefficient (Wildman–Crippen LogP) is 2.20. The summed E-state index contributed by atoms with van der Waals surface area (Å²) in [5.74, 6) is -2.34. The van der Waals surface area contributed by atoms with Gasteiger partial charge in [0.2, 0.25) is 0 Å². The molecule has 2 rings (SSSR count). The van der Waals surface area contributed by atoms with Crippen LogP contribution in [-0.2, 0) is 76.1 Å². The number of hydrogen-bond donors (Lipinski definition) is 2. The second-order valence-corrected chi connectivity index (χ2v) is 30.7. The average molecular weight is 1350 g/mol. The molecule has 2 unspecified atom stereocenters. The van der Waals surface area contributed by atoms with Crippen LogP contribution in [-0.4, -0.2) is 366 Å². The smallest absolute Gasteiger partial charge is 0.320 e. The first-order valence-electron chi connectivity index (χ1n) is 33.9. The number of esters is 6. The topological polar surface area (TPSA) is 264 Å². The molecule has 0 amide bonds. The third kappa shape index (κ3) is 47.2. The molecule has 2 saturated heterocycles. The lowest BCUT2D eigenvalue weighted by Gasteiger charge is -2.36. The van der Waals surface area contributed by atoms with Gasteiger partial charge in [-0.05, 0) is 125 Å². The van der Waals surface area contributed by atoms with Gasteiger partial charge in [-0.1, -0.05) is 0 Å². The van der Waals surface area contributed by atoms with Crippen molar-refractivity contribution < 1.29 is 86.3 Å². The van der Waals surface area contributed by atoms with Crippen molar-refractivity contribution in [3.8, 4) is 0 Å². The van der Waals surface area contributed by atoms with E-state index in [1.807, 2.05) is 159 Å². The fourth-order valence-corrected chi connectivity index (χ4v) is 10.3. The number of carbonyl (C=O) groups is 6. The molecule has 0 spiro atoms. The molecule has 2 atom stereocenters. The van der Waals surface area contributed by atoms with Gasteiger partial charge in [-0.15, -0.1) is 0 Å². The molecule has 550 valence electrons. The second kappa shape index (κ2) is 42.9. The third-order valence-electron chi connectivity index (χ3n) is 14.1. The van der Waals surface area contributed by atoms with E-state index in [2.05, 4.69) is 9.80 Å². The summed E-state index contributed by atoms with van der Waals surface area (Å²) in [6, 6.07) is 0. The number of nitrogens with zero attached hydrogens (tertiary/aromatic N) is 9. The Balaban J connectivity index is 2.57. The van der Waals surface area contributed by atoms with Crippen LogP contribution in [0.2, 0.25) is 0 Å². The molecule has 0 bridgehead atoms. The molecule has 2 heterocycles. The minimum absolute atomic E-state index is 0.00505. The van der Waals surface area contributed by atoms with E-state index in [-0.39, 0.29) is 84.0 Å². The number of hydrogen-bond acceptors (Lipinski definition) is 27. The zero-order valence-electron chi connectivity index (χ0n) is 61.6. The second-order valence-electron chi connectivity index (χ2n) is 30.7. The monoisotopic (exact) mass is 1350 g/mol. The lowest BCUT2D eigenvalue weighted by Crippen LogP contribution is -2.52. The minimum Gasteiger partial charge on any atom is -0.459 e. The van der Waals surface area contributed by atoms with Gasteiger partial charge in [0.25, 0.3) is 0 Å². The van der Waals surface area contributed by atoms with Crippen LogP contribution in [0.5, 0.6) is 0 Å². The molecule has 0 aromatic rings. The summed E-state index contributed by atoms with van der Waals surface area (Å²) in [6.45, 7) is 42.9. The molecule has 94 heavy (non-hydrogen) atoms. The number of carbonyl (C=O) groups excluding carboxylic acids is 6. The van der Waals surface area contributed by atoms with Crippen LogP contribution >= 0.6 is 0 Å². The van der Waals surface area contributed by atoms with Gasteiger partial charge in [-0.2, -0.15) is 0 Å². The van der Waals surface area contributed by atoms with E-state index in [0.717, 1.165) is 0 Å². The molecular formula is C67H129N9O18. The van der Waals surface area contributed by atoms with Crippen LogP contribution in [0, 0.1) is 0 Å². The lowest BCUT2D eigenvalue weighted by atomic mass is 10.2. The highest BCUT2D eigenvalue weighted by Crippen LogP contribution is 2.16. The predicted molar refractivity (Wildman–Crippen MR) is 359 cm³/mol. The van der Waals surface area contributed by atoms with Crippen molar-refractivity contribution in [2.24, 2.45) is 0 Å². The fourth-order valence-electron chi connectivity index (χ4n) is 10.3. The van der Waals surface area contributed by atoms with Gasteiger partial charge in [-0.25, -0.2) is 0 Å². The molecular weight excluding hydrogens is 1220 g/mol. The van der Waals surface area contributed by atoms with Gasteiger partial charge in [-0.3, -0.25) is 72.9 Å². The quantitative estimate of drug-likeness (QED) is 0.0556. The molecule has 0 aliphatic carbocycles. The lowest BCUT2D eigenvalue weighted by molar-refractivity contribution is -0.158. The molecule has 2 aliphatic heterocycles. The van der Waals surface area contributed by atoms with E-state index in [0.29, 0.717) is 151 Å². The van der Waals surface area contributed by atoms with Gasteiger partial charge < -0.3 is 57.6 Å². The van der Waals surface area contributed by atoms with Crippen molar-refractivity contribution in [2.75, 3.05) is 230 Å². The first-order chi connectivity index (χ1) is 43.5. The summed E-state index contributed by atoms with van der Waals surface area (Å²) in [4.78, 5) is 98.6. The maximum Gasteiger partial charge on any atom is 0.320 e. The molecule has 27 heteroatoms. The molecule has 0 radical (unpaired) electrons. The standard InChI is InChI=1S/C67H129N9O18/c1-62(2,3)89-56(79)48-70-24-20-68(21-25-71(49-57(80)90-63(4,5)6)29-33-74(32-28-70)52-60(83)93-66(13,14)15)44-54(77)46-76(36-37-86-40-41-88-43-42-87-39-38-85-19)47-55(78)45-69-22-26-72(50-58(81)91-64(7,8)9)30-34-75(53-61(84)94-67(16,17)18)35-31-73(27-23-69)51-59(82)92-65(10,11)12/h54-55,77-78H,20-53H2,1-19H3. The first kappa shape index (κ1) is 86.3. The molecule has 0 aromatic heterocycles. The Labute approximate surface area is 564 Å². The maximum atomic E-state index is 13.5. The van der Waals surface area contributed by atoms with Crippen molar-refractivity contribution in [3.63, 3.8) is 0 Å². The van der Waals surface area contributed by atoms with Crippen molar-refractivity contribution in [2.45, 2.75) is 170 Å². The summed E-state index contributed by atoms with van der Waals surface area (Å²) in [6.07, 6.45) is -1.91. The van der Waals surface area contributed by atoms with Gasteiger partial charge in [0.1, 0.15) is 33.6 Å². The Bertz CT molecular complexity index is 1950. The van der Waals surface area contributed by atoms with Crippen LogP contribution in [0.25, 0.3) is 0 Å². The minimum atomic E-state index is -0.955. The van der Waals surface area contributed by atoms with Crippen molar-refractivity contribution in [1.82, 2.24) is 44.1 Å². The number of rotatable bonds is 32. The van der Waals surface area contributed by atoms with Crippen LogP contribution in [0.4, 0.5) is 0 Å². The summed E-state index contributed by atoms with van der Waals surface area (Å²) in [7, 11) is 1.61. The van der Waals surface area contributed by atoms with Gasteiger partial charge in [0.05, 0.1) is 97.7 Å². The number of β-amino-alcohol motifs (C(OH)–C–C–N with tert-alkyl or cyclic N) is 2. The van der Waals surface area contributed by atoms with Crippen molar-refractivity contribution in [1.29, 1.82) is 0 Å². The molecule has 27 nitrogen and oxygen atoms in total. The normalized spacial score (nSPS) is 18.4. The van der Waals surface area contributed by atoms with Crippen molar-refractivity contribution >= 4 is 35.8 Å². The highest BCUT2D eigenvalue weighted by atomic mass is 16.6. The largest absolute Gasteiger partial charge is 0.459 e. The summed E-state index contributed by atoms with van der Waals surface area (Å²) < 4.78 is 57.0. The van der Waals surface area contributed by atoms with E-state index in [4.69, 9.17) is 47.4 Å².